The molecule has 0 radical (unpaired) electrons. The lowest BCUT2D eigenvalue weighted by atomic mass is 9.96. The van der Waals surface area contributed by atoms with Crippen LogP contribution in [0.4, 0.5) is 0 Å². The number of nitrogens with zero attached hydrogens (tertiary/aromatic N) is 2. The molecule has 0 unspecified atom stereocenters. The summed E-state index contributed by atoms with van der Waals surface area (Å²) in [5, 5.41) is 4.72. The van der Waals surface area contributed by atoms with Crippen LogP contribution in [-0.4, -0.2) is 33.9 Å². The zero-order chi connectivity index (χ0) is 18.3. The highest BCUT2D eigenvalue weighted by molar-refractivity contribution is 7.18. The van der Waals surface area contributed by atoms with Crippen LogP contribution in [0.3, 0.4) is 0 Å². The van der Waals surface area contributed by atoms with Gasteiger partial charge in [0.25, 0.3) is 5.56 Å². The van der Waals surface area contributed by atoms with E-state index in [1.165, 1.54) is 0 Å². The predicted molar refractivity (Wildman–Crippen MR) is 106 cm³/mol. The Morgan fingerprint density at radius 3 is 3.04 bits per heavy atom. The van der Waals surface area contributed by atoms with Gasteiger partial charge < -0.3 is 9.88 Å². The van der Waals surface area contributed by atoms with E-state index in [1.807, 2.05) is 35.6 Å². The number of piperidine rings is 1. The molecule has 0 spiro atoms. The lowest BCUT2D eigenvalue weighted by Crippen LogP contribution is -2.40. The maximum absolute atomic E-state index is 12.6. The number of aryl methyl sites for hydroxylation is 2. The summed E-state index contributed by atoms with van der Waals surface area (Å²) in [5.74, 6) is 0.964. The van der Waals surface area contributed by atoms with E-state index >= 15 is 0 Å². The highest BCUT2D eigenvalue weighted by Gasteiger charge is 2.27. The largest absolute Gasteiger partial charge is 0.342 e. The number of thiophene rings is 2. The fourth-order valence-corrected chi connectivity index (χ4v) is 5.28. The number of rotatable bonds is 3. The van der Waals surface area contributed by atoms with Crippen molar-refractivity contribution in [1.29, 1.82) is 0 Å². The molecule has 1 atom stereocenters. The van der Waals surface area contributed by atoms with Crippen LogP contribution in [0.2, 0.25) is 0 Å². The number of hydrogen-bond donors (Lipinski definition) is 1. The quantitative estimate of drug-likeness (QED) is 0.747. The Bertz CT molecular complexity index is 1000. The van der Waals surface area contributed by atoms with Gasteiger partial charge in [-0.05, 0) is 54.6 Å². The number of amides is 1. The SMILES string of the molecule is Cc1sc2nc([C@@H]3CCCN(C(=O)Cc4ccsc4)C3)[nH]c(=O)c2c1C. The minimum absolute atomic E-state index is 0.0615. The predicted octanol–water partition coefficient (Wildman–Crippen LogP) is 3.61. The van der Waals surface area contributed by atoms with Crippen molar-refractivity contribution in [2.24, 2.45) is 0 Å². The van der Waals surface area contributed by atoms with Gasteiger partial charge in [-0.3, -0.25) is 9.59 Å². The van der Waals surface area contributed by atoms with Crippen LogP contribution in [0.25, 0.3) is 10.2 Å². The molecule has 0 bridgehead atoms. The van der Waals surface area contributed by atoms with Gasteiger partial charge in [0.05, 0.1) is 11.8 Å². The summed E-state index contributed by atoms with van der Waals surface area (Å²) in [6.07, 6.45) is 2.33. The second kappa shape index (κ2) is 6.96. The van der Waals surface area contributed by atoms with Crippen LogP contribution in [0.15, 0.2) is 21.6 Å². The third-order valence-electron chi connectivity index (χ3n) is 5.15. The molecule has 7 heteroatoms. The number of aromatic amines is 1. The van der Waals surface area contributed by atoms with E-state index in [4.69, 9.17) is 4.98 Å². The topological polar surface area (TPSA) is 66.1 Å². The molecular weight excluding hydrogens is 366 g/mol. The molecule has 4 heterocycles. The van der Waals surface area contributed by atoms with Crippen molar-refractivity contribution in [3.8, 4) is 0 Å². The molecule has 1 aliphatic heterocycles. The van der Waals surface area contributed by atoms with Gasteiger partial charge in [0.2, 0.25) is 5.91 Å². The summed E-state index contributed by atoms with van der Waals surface area (Å²) in [6.45, 7) is 5.40. The van der Waals surface area contributed by atoms with E-state index in [0.29, 0.717) is 18.4 Å². The standard InChI is InChI=1S/C19H21N3O2S2/c1-11-12(2)26-19-16(11)18(24)20-17(21-19)14-4-3-6-22(9-14)15(23)8-13-5-7-25-10-13/h5,7,10,14H,3-4,6,8-9H2,1-2H3,(H,20,21,24)/t14-/m1/s1. The van der Waals surface area contributed by atoms with E-state index in [9.17, 15) is 9.59 Å². The Hall–Kier alpha value is -1.99. The van der Waals surface area contributed by atoms with E-state index in [-0.39, 0.29) is 17.4 Å². The molecule has 0 aliphatic carbocycles. The van der Waals surface area contributed by atoms with Crippen molar-refractivity contribution >= 4 is 38.8 Å². The number of likely N-dealkylation sites (tertiary alicyclic amines) is 1. The first-order valence-corrected chi connectivity index (χ1v) is 10.6. The summed E-state index contributed by atoms with van der Waals surface area (Å²) in [6, 6.07) is 2.00. The summed E-state index contributed by atoms with van der Waals surface area (Å²) >= 11 is 3.18. The minimum Gasteiger partial charge on any atom is -0.342 e. The van der Waals surface area contributed by atoms with Crippen LogP contribution < -0.4 is 5.56 Å². The normalized spacial score (nSPS) is 17.8. The average Bonchev–Trinajstić information content (AvgIpc) is 3.23. The Kier molecular flexibility index (Phi) is 4.67. The summed E-state index contributed by atoms with van der Waals surface area (Å²) in [7, 11) is 0. The molecule has 3 aromatic rings. The van der Waals surface area contributed by atoms with Gasteiger partial charge in [-0.25, -0.2) is 4.98 Å². The molecular formula is C19H21N3O2S2. The summed E-state index contributed by atoms with van der Waals surface area (Å²) in [5.41, 5.74) is 2.02. The molecule has 1 aliphatic rings. The van der Waals surface area contributed by atoms with Gasteiger partial charge in [0.1, 0.15) is 10.7 Å². The van der Waals surface area contributed by atoms with Gasteiger partial charge in [-0.2, -0.15) is 11.3 Å². The van der Waals surface area contributed by atoms with Crippen molar-refractivity contribution in [3.63, 3.8) is 0 Å². The van der Waals surface area contributed by atoms with E-state index < -0.39 is 0 Å². The Morgan fingerprint density at radius 2 is 2.27 bits per heavy atom. The van der Waals surface area contributed by atoms with Crippen LogP contribution in [-0.2, 0) is 11.2 Å². The number of carbonyl (C=O) groups is 1. The first kappa shape index (κ1) is 17.4. The van der Waals surface area contributed by atoms with E-state index in [2.05, 4.69) is 4.98 Å². The lowest BCUT2D eigenvalue weighted by Gasteiger charge is -2.32. The maximum atomic E-state index is 12.6. The molecule has 5 nitrogen and oxygen atoms in total. The van der Waals surface area contributed by atoms with Gasteiger partial charge in [0.15, 0.2) is 0 Å². The zero-order valence-electron chi connectivity index (χ0n) is 14.9. The highest BCUT2D eigenvalue weighted by atomic mass is 32.1. The maximum Gasteiger partial charge on any atom is 0.259 e. The summed E-state index contributed by atoms with van der Waals surface area (Å²) in [4.78, 5) is 36.7. The second-order valence-electron chi connectivity index (χ2n) is 6.90. The molecule has 1 amide bonds. The van der Waals surface area contributed by atoms with Gasteiger partial charge in [0, 0.05) is 23.9 Å². The Morgan fingerprint density at radius 1 is 1.42 bits per heavy atom. The molecule has 1 N–H and O–H groups in total. The van der Waals surface area contributed by atoms with Crippen LogP contribution in [0.5, 0.6) is 0 Å². The van der Waals surface area contributed by atoms with Crippen molar-refractivity contribution in [2.45, 2.75) is 39.0 Å². The number of fused-ring (bicyclic) bond motifs is 1. The Balaban J connectivity index is 1.57. The number of nitrogens with one attached hydrogen (secondary N) is 1. The molecule has 0 aromatic carbocycles. The third-order valence-corrected chi connectivity index (χ3v) is 6.99. The van der Waals surface area contributed by atoms with Crippen molar-refractivity contribution in [3.05, 3.63) is 49.0 Å². The minimum atomic E-state index is -0.0615. The molecule has 1 fully saturated rings. The van der Waals surface area contributed by atoms with Crippen LogP contribution in [0.1, 0.15) is 40.6 Å². The molecule has 26 heavy (non-hydrogen) atoms. The van der Waals surface area contributed by atoms with E-state index in [1.54, 1.807) is 22.7 Å². The van der Waals surface area contributed by atoms with Crippen molar-refractivity contribution in [1.82, 2.24) is 14.9 Å². The van der Waals surface area contributed by atoms with Crippen LogP contribution in [0, 0.1) is 13.8 Å². The lowest BCUT2D eigenvalue weighted by molar-refractivity contribution is -0.131. The number of aromatic nitrogens is 2. The highest BCUT2D eigenvalue weighted by Crippen LogP contribution is 2.29. The average molecular weight is 388 g/mol. The monoisotopic (exact) mass is 387 g/mol. The second-order valence-corrected chi connectivity index (χ2v) is 8.89. The van der Waals surface area contributed by atoms with E-state index in [0.717, 1.165) is 46.0 Å². The molecule has 3 aromatic heterocycles. The smallest absolute Gasteiger partial charge is 0.259 e. The van der Waals surface area contributed by atoms with Crippen molar-refractivity contribution < 1.29 is 4.79 Å². The first-order valence-electron chi connectivity index (χ1n) is 8.81. The Labute approximate surface area is 159 Å². The van der Waals surface area contributed by atoms with Crippen LogP contribution >= 0.6 is 22.7 Å². The first-order chi connectivity index (χ1) is 12.5. The third kappa shape index (κ3) is 3.21. The van der Waals surface area contributed by atoms with Gasteiger partial charge in [-0.15, -0.1) is 11.3 Å². The van der Waals surface area contributed by atoms with Gasteiger partial charge in [-0.1, -0.05) is 0 Å². The molecule has 0 saturated carbocycles. The van der Waals surface area contributed by atoms with Crippen molar-refractivity contribution in [2.75, 3.05) is 13.1 Å². The number of hydrogen-bond acceptors (Lipinski definition) is 5. The zero-order valence-corrected chi connectivity index (χ0v) is 16.5. The summed E-state index contributed by atoms with van der Waals surface area (Å²) < 4.78 is 0. The fourth-order valence-electron chi connectivity index (χ4n) is 3.57. The van der Waals surface area contributed by atoms with Gasteiger partial charge >= 0.3 is 0 Å². The fraction of sp³-hybridized carbons (Fsp3) is 0.421. The molecule has 4 rings (SSSR count). The molecule has 1 saturated heterocycles. The number of carbonyl (C=O) groups excluding carboxylic acids is 1. The molecule has 136 valence electrons. The number of H-pyrrole nitrogens is 1.